The highest BCUT2D eigenvalue weighted by Gasteiger charge is 2.45. The van der Waals surface area contributed by atoms with Gasteiger partial charge in [0.2, 0.25) is 0 Å². The van der Waals surface area contributed by atoms with Crippen LogP contribution in [0.2, 0.25) is 0 Å². The number of hydrogen-bond acceptors (Lipinski definition) is 3. The average Bonchev–Trinajstić information content (AvgIpc) is 2.38. The van der Waals surface area contributed by atoms with Gasteiger partial charge in [0.25, 0.3) is 0 Å². The van der Waals surface area contributed by atoms with Crippen LogP contribution in [0.4, 0.5) is 0 Å². The van der Waals surface area contributed by atoms with Gasteiger partial charge in [-0.15, -0.1) is 0 Å². The van der Waals surface area contributed by atoms with Crippen LogP contribution in [0.15, 0.2) is 0 Å². The maximum atomic E-state index is 6.19. The van der Waals surface area contributed by atoms with E-state index in [1.165, 1.54) is 32.4 Å². The minimum atomic E-state index is -0.0247. The highest BCUT2D eigenvalue weighted by Crippen LogP contribution is 2.41. The second-order valence-corrected chi connectivity index (χ2v) is 7.61. The molecule has 0 saturated carbocycles. The van der Waals surface area contributed by atoms with E-state index in [9.17, 15) is 0 Å². The van der Waals surface area contributed by atoms with Crippen LogP contribution < -0.4 is 5.73 Å². The van der Waals surface area contributed by atoms with Crippen molar-refractivity contribution in [3.05, 3.63) is 0 Å². The first-order valence-corrected chi connectivity index (χ1v) is 7.94. The topological polar surface area (TPSA) is 38.5 Å². The third-order valence-electron chi connectivity index (χ3n) is 5.69. The molecule has 0 amide bonds. The summed E-state index contributed by atoms with van der Waals surface area (Å²) >= 11 is 0. The minimum Gasteiger partial charge on any atom is -0.375 e. The van der Waals surface area contributed by atoms with E-state index in [1.807, 2.05) is 0 Å². The predicted molar refractivity (Wildman–Crippen MR) is 80.3 cm³/mol. The van der Waals surface area contributed by atoms with E-state index in [-0.39, 0.29) is 11.1 Å². The molecule has 2 N–H and O–H groups in total. The van der Waals surface area contributed by atoms with Gasteiger partial charge in [0.1, 0.15) is 0 Å². The van der Waals surface area contributed by atoms with Crippen LogP contribution >= 0.6 is 0 Å². The van der Waals surface area contributed by atoms with E-state index in [1.54, 1.807) is 0 Å². The van der Waals surface area contributed by atoms with Crippen molar-refractivity contribution in [2.45, 2.75) is 70.9 Å². The number of ether oxygens (including phenoxy) is 1. The van der Waals surface area contributed by atoms with E-state index in [0.717, 1.165) is 26.0 Å². The number of nitrogens with zero attached hydrogens (tertiary/aromatic N) is 1. The molecule has 1 atom stereocenters. The first-order chi connectivity index (χ1) is 8.85. The van der Waals surface area contributed by atoms with Crippen molar-refractivity contribution in [2.24, 2.45) is 11.1 Å². The standard InChI is InChI=1S/C16H32N2O/c1-5-15(4)6-9-18(10-7-15)16(13-17)8-11-19-14(2,3)12-16/h5-13,17H2,1-4H3. The molecule has 0 aromatic rings. The maximum absolute atomic E-state index is 6.19. The molecule has 0 bridgehead atoms. The van der Waals surface area contributed by atoms with E-state index >= 15 is 0 Å². The lowest BCUT2D eigenvalue weighted by Crippen LogP contribution is -2.62. The molecular formula is C16H32N2O. The summed E-state index contributed by atoms with van der Waals surface area (Å²) in [7, 11) is 0. The number of nitrogens with two attached hydrogens (primary N) is 1. The van der Waals surface area contributed by atoms with Crippen molar-refractivity contribution in [3.8, 4) is 0 Å². The summed E-state index contributed by atoms with van der Waals surface area (Å²) in [6, 6.07) is 0. The van der Waals surface area contributed by atoms with E-state index in [2.05, 4.69) is 32.6 Å². The predicted octanol–water partition coefficient (Wildman–Crippen LogP) is 2.79. The Morgan fingerprint density at radius 2 is 1.74 bits per heavy atom. The molecule has 0 spiro atoms. The second kappa shape index (κ2) is 5.34. The number of likely N-dealkylation sites (tertiary alicyclic amines) is 1. The monoisotopic (exact) mass is 268 g/mol. The molecule has 0 aromatic heterocycles. The lowest BCUT2D eigenvalue weighted by molar-refractivity contribution is -0.126. The maximum Gasteiger partial charge on any atom is 0.0644 e. The molecule has 2 saturated heterocycles. The second-order valence-electron chi connectivity index (χ2n) is 7.61. The summed E-state index contributed by atoms with van der Waals surface area (Å²) < 4.78 is 5.89. The van der Waals surface area contributed by atoms with Crippen LogP contribution in [0.25, 0.3) is 0 Å². The summed E-state index contributed by atoms with van der Waals surface area (Å²) in [5.74, 6) is 0. The molecule has 2 fully saturated rings. The molecule has 0 aliphatic carbocycles. The van der Waals surface area contributed by atoms with Crippen molar-refractivity contribution in [3.63, 3.8) is 0 Å². The molecule has 112 valence electrons. The lowest BCUT2D eigenvalue weighted by atomic mass is 9.74. The van der Waals surface area contributed by atoms with Crippen molar-refractivity contribution < 1.29 is 4.74 Å². The van der Waals surface area contributed by atoms with Gasteiger partial charge >= 0.3 is 0 Å². The number of rotatable bonds is 3. The SMILES string of the molecule is CCC1(C)CCN(C2(CN)CCOC(C)(C)C2)CC1. The zero-order valence-corrected chi connectivity index (χ0v) is 13.3. The van der Waals surface area contributed by atoms with Crippen LogP contribution in [-0.4, -0.2) is 42.3 Å². The molecular weight excluding hydrogens is 236 g/mol. The fourth-order valence-corrected chi connectivity index (χ4v) is 3.90. The highest BCUT2D eigenvalue weighted by molar-refractivity contribution is 5.01. The van der Waals surface area contributed by atoms with Gasteiger partial charge in [-0.05, 0) is 58.0 Å². The summed E-state index contributed by atoms with van der Waals surface area (Å²) in [5, 5.41) is 0. The Morgan fingerprint density at radius 1 is 1.11 bits per heavy atom. The van der Waals surface area contributed by atoms with Gasteiger partial charge in [-0.3, -0.25) is 4.90 Å². The number of hydrogen-bond donors (Lipinski definition) is 1. The van der Waals surface area contributed by atoms with Gasteiger partial charge in [0.15, 0.2) is 0 Å². The van der Waals surface area contributed by atoms with Gasteiger partial charge in [0.05, 0.1) is 5.60 Å². The fourth-order valence-electron chi connectivity index (χ4n) is 3.90. The van der Waals surface area contributed by atoms with Crippen LogP contribution in [0.5, 0.6) is 0 Å². The molecule has 0 radical (unpaired) electrons. The molecule has 3 heteroatoms. The molecule has 0 aromatic carbocycles. The van der Waals surface area contributed by atoms with Gasteiger partial charge < -0.3 is 10.5 Å². The van der Waals surface area contributed by atoms with Crippen molar-refractivity contribution in [1.82, 2.24) is 4.90 Å². The van der Waals surface area contributed by atoms with E-state index in [4.69, 9.17) is 10.5 Å². The normalized spacial score (nSPS) is 35.2. The van der Waals surface area contributed by atoms with Crippen molar-refractivity contribution >= 4 is 0 Å². The first-order valence-electron chi connectivity index (χ1n) is 7.94. The number of piperidine rings is 1. The van der Waals surface area contributed by atoms with Crippen LogP contribution in [0.1, 0.15) is 59.8 Å². The Kier molecular flexibility index (Phi) is 4.29. The quantitative estimate of drug-likeness (QED) is 0.855. The zero-order chi connectivity index (χ0) is 14.1. The Labute approximate surface area is 118 Å². The summed E-state index contributed by atoms with van der Waals surface area (Å²) in [6.07, 6.45) is 6.08. The average molecular weight is 268 g/mol. The molecule has 3 nitrogen and oxygen atoms in total. The molecule has 2 aliphatic heterocycles. The van der Waals surface area contributed by atoms with Gasteiger partial charge in [-0.25, -0.2) is 0 Å². The van der Waals surface area contributed by atoms with Gasteiger partial charge in [-0.1, -0.05) is 20.3 Å². The highest BCUT2D eigenvalue weighted by atomic mass is 16.5. The molecule has 2 heterocycles. The smallest absolute Gasteiger partial charge is 0.0644 e. The third kappa shape index (κ3) is 3.14. The zero-order valence-electron chi connectivity index (χ0n) is 13.3. The summed E-state index contributed by atoms with van der Waals surface area (Å²) in [6.45, 7) is 13.2. The van der Waals surface area contributed by atoms with Crippen molar-refractivity contribution in [1.29, 1.82) is 0 Å². The lowest BCUT2D eigenvalue weighted by Gasteiger charge is -2.54. The first kappa shape index (κ1) is 15.3. The van der Waals surface area contributed by atoms with Crippen LogP contribution in [0, 0.1) is 5.41 Å². The Balaban J connectivity index is 2.07. The van der Waals surface area contributed by atoms with E-state index < -0.39 is 0 Å². The van der Waals surface area contributed by atoms with Gasteiger partial charge in [-0.2, -0.15) is 0 Å². The summed E-state index contributed by atoms with van der Waals surface area (Å²) in [5.41, 5.74) is 6.89. The van der Waals surface area contributed by atoms with Crippen molar-refractivity contribution in [2.75, 3.05) is 26.2 Å². The molecule has 19 heavy (non-hydrogen) atoms. The fraction of sp³-hybridized carbons (Fsp3) is 1.00. The summed E-state index contributed by atoms with van der Waals surface area (Å²) in [4.78, 5) is 2.68. The largest absolute Gasteiger partial charge is 0.375 e. The Hall–Kier alpha value is -0.120. The third-order valence-corrected chi connectivity index (χ3v) is 5.69. The van der Waals surface area contributed by atoms with Crippen LogP contribution in [0.3, 0.4) is 0 Å². The Morgan fingerprint density at radius 3 is 2.21 bits per heavy atom. The molecule has 2 rings (SSSR count). The van der Waals surface area contributed by atoms with Crippen LogP contribution in [-0.2, 0) is 4.74 Å². The Bertz CT molecular complexity index is 308. The van der Waals surface area contributed by atoms with E-state index in [0.29, 0.717) is 5.41 Å². The molecule has 2 aliphatic rings. The molecule has 1 unspecified atom stereocenters. The van der Waals surface area contributed by atoms with Gasteiger partial charge in [0, 0.05) is 18.7 Å². The minimum absolute atomic E-state index is 0.0247.